The summed E-state index contributed by atoms with van der Waals surface area (Å²) in [5.74, 6) is 0.158. The molecule has 0 aliphatic carbocycles. The molecule has 2 atom stereocenters. The number of aldehydes is 2. The molecule has 0 aromatic heterocycles. The van der Waals surface area contributed by atoms with Gasteiger partial charge in [-0.15, -0.1) is 0 Å². The predicted molar refractivity (Wildman–Crippen MR) is 99.8 cm³/mol. The summed E-state index contributed by atoms with van der Waals surface area (Å²) in [6.45, 7) is 19.6. The van der Waals surface area contributed by atoms with Crippen LogP contribution in [0.15, 0.2) is 0 Å². The van der Waals surface area contributed by atoms with E-state index in [2.05, 4.69) is 0 Å². The van der Waals surface area contributed by atoms with Crippen LogP contribution in [0.4, 0.5) is 0 Å². The number of hydrogen-bond acceptors (Lipinski definition) is 3. The van der Waals surface area contributed by atoms with Gasteiger partial charge in [0.2, 0.25) is 0 Å². The molecule has 0 aliphatic rings. The molecule has 2 unspecified atom stereocenters. The van der Waals surface area contributed by atoms with E-state index in [1.54, 1.807) is 0 Å². The third kappa shape index (κ3) is 4.15. The van der Waals surface area contributed by atoms with Crippen molar-refractivity contribution in [2.75, 3.05) is 0 Å². The van der Waals surface area contributed by atoms with E-state index in [9.17, 15) is 14.4 Å². The van der Waals surface area contributed by atoms with Gasteiger partial charge in [0.25, 0.3) is 0 Å². The molecule has 0 N–H and O–H groups in total. The summed E-state index contributed by atoms with van der Waals surface area (Å²) in [6, 6.07) is 0. The van der Waals surface area contributed by atoms with Crippen molar-refractivity contribution in [3.8, 4) is 0 Å². The molecule has 0 bridgehead atoms. The maximum Gasteiger partial charge on any atom is 0.160 e. The molecule has 0 saturated heterocycles. The van der Waals surface area contributed by atoms with Gasteiger partial charge in [0, 0.05) is 0 Å². The molecular weight excluding hydrogens is 300 g/mol. The highest BCUT2D eigenvalue weighted by Gasteiger charge is 2.59. The third-order valence-corrected chi connectivity index (χ3v) is 5.35. The van der Waals surface area contributed by atoms with Crippen molar-refractivity contribution in [3.63, 3.8) is 0 Å². The smallest absolute Gasteiger partial charge is 0.160 e. The summed E-state index contributed by atoms with van der Waals surface area (Å²) in [5.41, 5.74) is -3.42. The number of carbonyl (C=O) groups is 3. The SMILES string of the molecule is CC(C)CC(C=O)(C(=O)C(C=O)(CC(C)C)C(C)(C)C)C(C)(C)C. The highest BCUT2D eigenvalue weighted by Crippen LogP contribution is 2.53. The Labute approximate surface area is 149 Å². The molecule has 0 heterocycles. The van der Waals surface area contributed by atoms with Crippen LogP contribution in [0.3, 0.4) is 0 Å². The molecule has 0 fully saturated rings. The number of ketones is 1. The molecule has 24 heavy (non-hydrogen) atoms. The van der Waals surface area contributed by atoms with Crippen LogP contribution in [0.5, 0.6) is 0 Å². The molecule has 0 aromatic carbocycles. The normalized spacial score (nSPS) is 18.2. The first-order chi connectivity index (χ1) is 10.6. The van der Waals surface area contributed by atoms with Crippen LogP contribution in [-0.2, 0) is 14.4 Å². The summed E-state index contributed by atoms with van der Waals surface area (Å²) in [4.78, 5) is 38.4. The van der Waals surface area contributed by atoms with Crippen LogP contribution in [-0.4, -0.2) is 18.4 Å². The van der Waals surface area contributed by atoms with Gasteiger partial charge in [-0.1, -0.05) is 69.2 Å². The molecule has 0 amide bonds. The fraction of sp³-hybridized carbons (Fsp3) is 0.857. The van der Waals surface area contributed by atoms with Gasteiger partial charge in [0.05, 0.1) is 10.8 Å². The van der Waals surface area contributed by atoms with Crippen molar-refractivity contribution in [1.82, 2.24) is 0 Å². The van der Waals surface area contributed by atoms with Crippen LogP contribution in [0, 0.1) is 33.5 Å². The lowest BCUT2D eigenvalue weighted by molar-refractivity contribution is -0.160. The maximum absolute atomic E-state index is 13.9. The van der Waals surface area contributed by atoms with Crippen molar-refractivity contribution in [2.45, 2.75) is 82.1 Å². The van der Waals surface area contributed by atoms with E-state index >= 15 is 0 Å². The number of rotatable bonds is 8. The monoisotopic (exact) mass is 338 g/mol. The molecule has 0 aromatic rings. The molecule has 3 nitrogen and oxygen atoms in total. The van der Waals surface area contributed by atoms with E-state index in [1.165, 1.54) is 0 Å². The van der Waals surface area contributed by atoms with Crippen molar-refractivity contribution in [3.05, 3.63) is 0 Å². The lowest BCUT2D eigenvalue weighted by atomic mass is 9.50. The van der Waals surface area contributed by atoms with Crippen LogP contribution < -0.4 is 0 Å². The van der Waals surface area contributed by atoms with Crippen molar-refractivity contribution >= 4 is 18.4 Å². The maximum atomic E-state index is 13.9. The highest BCUT2D eigenvalue weighted by molar-refractivity contribution is 6.10. The molecule has 0 saturated carbocycles. The van der Waals surface area contributed by atoms with Crippen LogP contribution in [0.1, 0.15) is 82.1 Å². The zero-order valence-corrected chi connectivity index (χ0v) is 17.4. The molecule has 0 spiro atoms. The highest BCUT2D eigenvalue weighted by atomic mass is 16.2. The lowest BCUT2D eigenvalue weighted by Crippen LogP contribution is -2.57. The van der Waals surface area contributed by atoms with Gasteiger partial charge in [-0.05, 0) is 35.5 Å². The summed E-state index contributed by atoms with van der Waals surface area (Å²) >= 11 is 0. The average molecular weight is 339 g/mol. The van der Waals surface area contributed by atoms with E-state index in [0.29, 0.717) is 12.8 Å². The Hall–Kier alpha value is -0.990. The minimum absolute atomic E-state index is 0.182. The Balaban J connectivity index is 6.60. The third-order valence-electron chi connectivity index (χ3n) is 5.35. The predicted octanol–water partition coefficient (Wildman–Crippen LogP) is 5.11. The number of carbonyl (C=O) groups excluding carboxylic acids is 3. The quantitative estimate of drug-likeness (QED) is 0.456. The molecule has 3 heteroatoms. The Morgan fingerprint density at radius 1 is 0.708 bits per heavy atom. The van der Waals surface area contributed by atoms with Gasteiger partial charge in [-0.3, -0.25) is 4.79 Å². The van der Waals surface area contributed by atoms with Gasteiger partial charge in [0.15, 0.2) is 5.78 Å². The Kier molecular flexibility index (Phi) is 7.18. The van der Waals surface area contributed by atoms with Gasteiger partial charge >= 0.3 is 0 Å². The average Bonchev–Trinajstić information content (AvgIpc) is 2.38. The van der Waals surface area contributed by atoms with E-state index in [4.69, 9.17) is 0 Å². The largest absolute Gasteiger partial charge is 0.302 e. The molecule has 0 radical (unpaired) electrons. The molecular formula is C21H38O3. The summed E-state index contributed by atoms with van der Waals surface area (Å²) < 4.78 is 0. The second-order valence-electron chi connectivity index (χ2n) is 10.2. The second-order valence-corrected chi connectivity index (χ2v) is 10.2. The first-order valence-electron chi connectivity index (χ1n) is 9.09. The first-order valence-corrected chi connectivity index (χ1v) is 9.09. The fourth-order valence-corrected chi connectivity index (χ4v) is 3.72. The topological polar surface area (TPSA) is 51.2 Å². The van der Waals surface area contributed by atoms with Gasteiger partial charge < -0.3 is 9.59 Å². The number of hydrogen-bond donors (Lipinski definition) is 0. The van der Waals surface area contributed by atoms with E-state index in [1.807, 2.05) is 69.2 Å². The van der Waals surface area contributed by atoms with Crippen molar-refractivity contribution in [1.29, 1.82) is 0 Å². The van der Waals surface area contributed by atoms with Gasteiger partial charge in [0.1, 0.15) is 12.6 Å². The van der Waals surface area contributed by atoms with Crippen LogP contribution in [0.2, 0.25) is 0 Å². The van der Waals surface area contributed by atoms with Gasteiger partial charge in [-0.25, -0.2) is 0 Å². The van der Waals surface area contributed by atoms with Crippen LogP contribution in [0.25, 0.3) is 0 Å². The zero-order chi connectivity index (χ0) is 19.6. The minimum Gasteiger partial charge on any atom is -0.302 e. The zero-order valence-electron chi connectivity index (χ0n) is 17.4. The Morgan fingerprint density at radius 3 is 1.08 bits per heavy atom. The summed E-state index contributed by atoms with van der Waals surface area (Å²) in [7, 11) is 0. The summed E-state index contributed by atoms with van der Waals surface area (Å²) in [6.07, 6.45) is 2.56. The minimum atomic E-state index is -1.16. The standard InChI is InChI=1S/C21H38O3/c1-15(2)11-20(13-22,18(5,6)7)17(24)21(14-23,12-16(3)4)19(8,9)10/h13-16H,11-12H2,1-10H3. The van der Waals surface area contributed by atoms with E-state index in [0.717, 1.165) is 12.6 Å². The first kappa shape index (κ1) is 23.0. The van der Waals surface area contributed by atoms with Crippen LogP contribution >= 0.6 is 0 Å². The van der Waals surface area contributed by atoms with E-state index in [-0.39, 0.29) is 17.6 Å². The molecule has 0 aliphatic heterocycles. The van der Waals surface area contributed by atoms with Crippen molar-refractivity contribution < 1.29 is 14.4 Å². The van der Waals surface area contributed by atoms with Crippen molar-refractivity contribution in [2.24, 2.45) is 33.5 Å². The Morgan fingerprint density at radius 2 is 0.958 bits per heavy atom. The number of Topliss-reactive ketones (excluding diaryl/α,β-unsaturated/α-hetero) is 1. The fourth-order valence-electron chi connectivity index (χ4n) is 3.72. The summed E-state index contributed by atoms with van der Waals surface area (Å²) in [5, 5.41) is 0. The molecule has 140 valence electrons. The van der Waals surface area contributed by atoms with Gasteiger partial charge in [-0.2, -0.15) is 0 Å². The van der Waals surface area contributed by atoms with E-state index < -0.39 is 21.7 Å². The Bertz CT molecular complexity index is 420. The second kappa shape index (κ2) is 7.49. The molecule has 0 rings (SSSR count). The lowest BCUT2D eigenvalue weighted by Gasteiger charge is -2.49.